The van der Waals surface area contributed by atoms with Crippen molar-refractivity contribution in [3.8, 4) is 11.3 Å². The molecule has 3 aromatic rings. The van der Waals surface area contributed by atoms with Gasteiger partial charge >= 0.3 is 0 Å². The van der Waals surface area contributed by atoms with Gasteiger partial charge in [-0.25, -0.2) is 0 Å². The highest BCUT2D eigenvalue weighted by molar-refractivity contribution is 7.73. The molecule has 2 aromatic carbocycles. The highest BCUT2D eigenvalue weighted by Crippen LogP contribution is 2.26. The monoisotopic (exact) mass is 399 g/mol. The number of carbonyl (C=O) groups is 1. The Morgan fingerprint density at radius 3 is 2.59 bits per heavy atom. The molecule has 138 valence electrons. The Hall–Kier alpha value is -2.84. The Bertz CT molecular complexity index is 1070. The summed E-state index contributed by atoms with van der Waals surface area (Å²) in [6.45, 7) is 3.66. The Kier molecular flexibility index (Phi) is 5.48. The first-order chi connectivity index (χ1) is 12.9. The van der Waals surface area contributed by atoms with Crippen molar-refractivity contribution < 1.29 is 9.72 Å². The molecule has 0 saturated heterocycles. The molecule has 0 unspecified atom stereocenters. The van der Waals surface area contributed by atoms with Gasteiger partial charge in [0.2, 0.25) is 5.91 Å². The molecule has 0 saturated carbocycles. The maximum atomic E-state index is 12.6. The van der Waals surface area contributed by atoms with E-state index in [9.17, 15) is 14.9 Å². The molecular formula is C19H17N3O3S2. The van der Waals surface area contributed by atoms with E-state index in [4.69, 9.17) is 12.2 Å². The van der Waals surface area contributed by atoms with Gasteiger partial charge in [0, 0.05) is 11.4 Å². The molecule has 27 heavy (non-hydrogen) atoms. The van der Waals surface area contributed by atoms with E-state index >= 15 is 0 Å². The summed E-state index contributed by atoms with van der Waals surface area (Å²) in [4.78, 5) is 23.2. The molecule has 1 heterocycles. The summed E-state index contributed by atoms with van der Waals surface area (Å²) in [7, 11) is 0. The van der Waals surface area contributed by atoms with Crippen LogP contribution in [0.25, 0.3) is 11.3 Å². The van der Waals surface area contributed by atoms with E-state index in [1.807, 2.05) is 36.6 Å². The number of hydrogen-bond acceptors (Lipinski definition) is 5. The molecule has 0 radical (unpaired) electrons. The SMILES string of the molecule is Cc1ccc(-c2csc(=S)n2CC(=O)Nc2cccc([N+](=O)[O-])c2C)cc1. The molecule has 0 fully saturated rings. The number of nitro benzene ring substituents is 1. The lowest BCUT2D eigenvalue weighted by Crippen LogP contribution is -2.20. The average Bonchev–Trinajstić information content (AvgIpc) is 2.98. The van der Waals surface area contributed by atoms with Crippen molar-refractivity contribution in [2.24, 2.45) is 0 Å². The van der Waals surface area contributed by atoms with E-state index < -0.39 is 4.92 Å². The lowest BCUT2D eigenvalue weighted by atomic mass is 10.1. The first-order valence-electron chi connectivity index (χ1n) is 8.16. The number of rotatable bonds is 5. The first kappa shape index (κ1) is 18.9. The van der Waals surface area contributed by atoms with E-state index in [-0.39, 0.29) is 18.1 Å². The van der Waals surface area contributed by atoms with Gasteiger partial charge in [-0.2, -0.15) is 0 Å². The minimum Gasteiger partial charge on any atom is -0.324 e. The summed E-state index contributed by atoms with van der Waals surface area (Å²) in [5.74, 6) is -0.290. The number of amides is 1. The Morgan fingerprint density at radius 1 is 1.22 bits per heavy atom. The lowest BCUT2D eigenvalue weighted by Gasteiger charge is -2.11. The van der Waals surface area contributed by atoms with Crippen LogP contribution in [0, 0.1) is 27.9 Å². The van der Waals surface area contributed by atoms with Crippen LogP contribution in [-0.2, 0) is 11.3 Å². The van der Waals surface area contributed by atoms with Gasteiger partial charge in [-0.05, 0) is 37.7 Å². The highest BCUT2D eigenvalue weighted by Gasteiger charge is 2.16. The number of carbonyl (C=O) groups excluding carboxylic acids is 1. The fourth-order valence-electron chi connectivity index (χ4n) is 2.72. The second-order valence-corrected chi connectivity index (χ2v) is 7.60. The van der Waals surface area contributed by atoms with Crippen molar-refractivity contribution in [2.75, 3.05) is 5.32 Å². The number of nitrogens with zero attached hydrogens (tertiary/aromatic N) is 2. The van der Waals surface area contributed by atoms with E-state index in [0.717, 1.165) is 16.8 Å². The summed E-state index contributed by atoms with van der Waals surface area (Å²) in [6, 6.07) is 12.6. The van der Waals surface area contributed by atoms with Crippen molar-refractivity contribution >= 4 is 40.8 Å². The van der Waals surface area contributed by atoms with E-state index in [0.29, 0.717) is 15.2 Å². The maximum absolute atomic E-state index is 12.6. The van der Waals surface area contributed by atoms with Crippen LogP contribution in [0.15, 0.2) is 47.8 Å². The number of aromatic nitrogens is 1. The quantitative estimate of drug-likeness (QED) is 0.367. The van der Waals surface area contributed by atoms with Gasteiger partial charge in [-0.15, -0.1) is 11.3 Å². The molecule has 6 nitrogen and oxygen atoms in total. The summed E-state index contributed by atoms with van der Waals surface area (Å²) in [5.41, 5.74) is 3.82. The van der Waals surface area contributed by atoms with Crippen LogP contribution in [-0.4, -0.2) is 15.4 Å². The molecule has 3 rings (SSSR count). The predicted octanol–water partition coefficient (Wildman–Crippen LogP) is 5.11. The molecule has 0 aliphatic carbocycles. The minimum atomic E-state index is -0.463. The molecule has 0 atom stereocenters. The average molecular weight is 399 g/mol. The zero-order valence-electron chi connectivity index (χ0n) is 14.8. The van der Waals surface area contributed by atoms with Crippen molar-refractivity contribution in [3.05, 3.63) is 73.0 Å². The van der Waals surface area contributed by atoms with Crippen LogP contribution >= 0.6 is 23.6 Å². The summed E-state index contributed by atoms with van der Waals surface area (Å²) in [6.07, 6.45) is 0. The fourth-order valence-corrected chi connectivity index (χ4v) is 3.79. The van der Waals surface area contributed by atoms with E-state index in [2.05, 4.69) is 5.32 Å². The van der Waals surface area contributed by atoms with Crippen molar-refractivity contribution in [2.45, 2.75) is 20.4 Å². The normalized spacial score (nSPS) is 10.6. The van der Waals surface area contributed by atoms with Gasteiger partial charge in [0.1, 0.15) is 6.54 Å². The molecule has 0 spiro atoms. The number of anilines is 1. The smallest absolute Gasteiger partial charge is 0.274 e. The van der Waals surface area contributed by atoms with Gasteiger partial charge in [-0.1, -0.05) is 35.9 Å². The van der Waals surface area contributed by atoms with Crippen LogP contribution in [0.4, 0.5) is 11.4 Å². The van der Waals surface area contributed by atoms with Gasteiger partial charge in [0.25, 0.3) is 5.69 Å². The third-order valence-corrected chi connectivity index (χ3v) is 5.48. The number of thiazole rings is 1. The van der Waals surface area contributed by atoms with E-state index in [1.165, 1.54) is 17.4 Å². The number of aryl methyl sites for hydroxylation is 1. The summed E-state index contributed by atoms with van der Waals surface area (Å²) in [5, 5.41) is 15.7. The van der Waals surface area contributed by atoms with Crippen molar-refractivity contribution in [3.63, 3.8) is 0 Å². The Morgan fingerprint density at radius 2 is 1.93 bits per heavy atom. The third-order valence-electron chi connectivity index (χ3n) is 4.21. The number of nitro groups is 1. The third kappa shape index (κ3) is 4.12. The van der Waals surface area contributed by atoms with Crippen LogP contribution in [0.5, 0.6) is 0 Å². The zero-order chi connectivity index (χ0) is 19.6. The van der Waals surface area contributed by atoms with E-state index in [1.54, 1.807) is 23.6 Å². The maximum Gasteiger partial charge on any atom is 0.274 e. The fraction of sp³-hybridized carbons (Fsp3) is 0.158. The topological polar surface area (TPSA) is 77.2 Å². The molecule has 0 aliphatic heterocycles. The standard InChI is InChI=1S/C19H17N3O3S2/c1-12-6-8-14(9-7-12)17-11-27-19(26)21(17)10-18(23)20-15-4-3-5-16(13(15)2)22(24)25/h3-9,11H,10H2,1-2H3,(H,20,23). The van der Waals surface area contributed by atoms with Gasteiger partial charge in [0.15, 0.2) is 3.95 Å². The second-order valence-electron chi connectivity index (χ2n) is 6.09. The van der Waals surface area contributed by atoms with Crippen LogP contribution < -0.4 is 5.32 Å². The molecular weight excluding hydrogens is 382 g/mol. The first-order valence-corrected chi connectivity index (χ1v) is 9.45. The second kappa shape index (κ2) is 7.81. The largest absolute Gasteiger partial charge is 0.324 e. The summed E-state index contributed by atoms with van der Waals surface area (Å²) < 4.78 is 2.36. The highest BCUT2D eigenvalue weighted by atomic mass is 32.1. The van der Waals surface area contributed by atoms with Crippen molar-refractivity contribution in [1.82, 2.24) is 4.57 Å². The number of nitrogens with one attached hydrogen (secondary N) is 1. The zero-order valence-corrected chi connectivity index (χ0v) is 16.4. The molecule has 1 amide bonds. The Balaban J connectivity index is 1.85. The van der Waals surface area contributed by atoms with Gasteiger partial charge in [-0.3, -0.25) is 14.9 Å². The molecule has 8 heteroatoms. The van der Waals surface area contributed by atoms with Crippen LogP contribution in [0.1, 0.15) is 11.1 Å². The minimum absolute atomic E-state index is 0.0275. The molecule has 0 bridgehead atoms. The summed E-state index contributed by atoms with van der Waals surface area (Å²) >= 11 is 6.77. The van der Waals surface area contributed by atoms with Gasteiger partial charge in [0.05, 0.1) is 21.9 Å². The predicted molar refractivity (Wildman–Crippen MR) is 110 cm³/mol. The number of benzene rings is 2. The number of hydrogen-bond donors (Lipinski definition) is 1. The van der Waals surface area contributed by atoms with Crippen LogP contribution in [0.3, 0.4) is 0 Å². The Labute approximate surface area is 165 Å². The van der Waals surface area contributed by atoms with Crippen LogP contribution in [0.2, 0.25) is 0 Å². The van der Waals surface area contributed by atoms with Gasteiger partial charge < -0.3 is 9.88 Å². The lowest BCUT2D eigenvalue weighted by molar-refractivity contribution is -0.385. The van der Waals surface area contributed by atoms with Crippen molar-refractivity contribution in [1.29, 1.82) is 0 Å². The molecule has 0 aliphatic rings. The molecule has 1 N–H and O–H groups in total. The molecule has 1 aromatic heterocycles.